The Morgan fingerprint density at radius 2 is 0.954 bits per heavy atom. The molecule has 13 rings (SSSR count). The highest BCUT2D eigenvalue weighted by Crippen LogP contribution is 2.49. The van der Waals surface area contributed by atoms with E-state index in [1.165, 1.54) is 28.8 Å². The molecule has 5 nitrogen and oxygen atoms in total. The lowest BCUT2D eigenvalue weighted by atomic mass is 9.81. The number of para-hydroxylation sites is 3. The number of fused-ring (bicyclic) bond motifs is 4. The van der Waals surface area contributed by atoms with Crippen LogP contribution in [0.25, 0.3) is 83.3 Å². The van der Waals surface area contributed by atoms with E-state index in [4.69, 9.17) is 9.72 Å². The molecular formula is C80H70F2N4O+2. The molecule has 0 N–H and O–H groups in total. The number of ether oxygens (including phenoxy) is 1. The first kappa shape index (κ1) is 56.3. The minimum absolute atomic E-state index is 0.0865. The van der Waals surface area contributed by atoms with Crippen molar-refractivity contribution in [1.82, 2.24) is 18.7 Å². The molecule has 3 heterocycles. The summed E-state index contributed by atoms with van der Waals surface area (Å²) in [5.41, 5.74) is 18.8. The van der Waals surface area contributed by atoms with Crippen LogP contribution in [0, 0.1) is 11.6 Å². The molecule has 7 heteroatoms. The van der Waals surface area contributed by atoms with Gasteiger partial charge in [-0.1, -0.05) is 178 Å². The topological polar surface area (TPSA) is 33.1 Å². The summed E-state index contributed by atoms with van der Waals surface area (Å²) in [5.74, 6) is 1.28. The summed E-state index contributed by atoms with van der Waals surface area (Å²) >= 11 is 0. The summed E-state index contributed by atoms with van der Waals surface area (Å²) in [6.07, 6.45) is 1.91. The van der Waals surface area contributed by atoms with E-state index < -0.39 is 11.6 Å². The van der Waals surface area contributed by atoms with Crippen molar-refractivity contribution in [3.05, 3.63) is 265 Å². The van der Waals surface area contributed by atoms with E-state index in [1.54, 1.807) is 0 Å². The summed E-state index contributed by atoms with van der Waals surface area (Å²) < 4.78 is 45.3. The van der Waals surface area contributed by atoms with Crippen molar-refractivity contribution in [3.63, 3.8) is 0 Å². The highest BCUT2D eigenvalue weighted by Gasteiger charge is 2.41. The van der Waals surface area contributed by atoms with E-state index >= 15 is 8.78 Å². The summed E-state index contributed by atoms with van der Waals surface area (Å²) in [6.45, 7) is 22.1. The molecule has 0 atom stereocenters. The molecule has 87 heavy (non-hydrogen) atoms. The van der Waals surface area contributed by atoms with Gasteiger partial charge in [0.15, 0.2) is 0 Å². The maximum absolute atomic E-state index is 15.8. The lowest BCUT2D eigenvalue weighted by Gasteiger charge is -2.23. The number of hydrogen-bond donors (Lipinski definition) is 0. The number of aromatic nitrogens is 2. The molecule has 0 fully saturated rings. The first-order chi connectivity index (χ1) is 41.8. The quantitative estimate of drug-likeness (QED) is 0.114. The fourth-order valence-corrected chi connectivity index (χ4v) is 12.1. The minimum Gasteiger partial charge on any atom is -0.457 e. The van der Waals surface area contributed by atoms with Crippen LogP contribution in [-0.4, -0.2) is 15.6 Å². The molecule has 1 aliphatic rings. The van der Waals surface area contributed by atoms with Crippen LogP contribution in [0.5, 0.6) is 11.5 Å². The number of nitrogens with zero attached hydrogens (tertiary/aromatic N) is 4. The molecule has 12 aromatic rings. The van der Waals surface area contributed by atoms with Crippen LogP contribution in [0.2, 0.25) is 0 Å². The summed E-state index contributed by atoms with van der Waals surface area (Å²) in [7, 11) is 0. The predicted octanol–water partition coefficient (Wildman–Crippen LogP) is 22.3. The predicted molar refractivity (Wildman–Crippen MR) is 359 cm³/mol. The Balaban J connectivity index is 1.09. The molecule has 428 valence electrons. The van der Waals surface area contributed by atoms with Crippen LogP contribution in [0.15, 0.2) is 231 Å². The standard InChI is InChI=1S/C80H70F2N4O/c1-50(2)54-33-55(51(3)4)35-60(34-54)71-43-63(80(8,9)10)44-72(61-39-64(81)46-65(82)40-61)78(71)85-49-84(74-27-19-20-28-75(74)85)66-41-59(58-37-56(52-21-13-11-14-22-52)36-57(38-58)53-23-15-12-16-24-53)42-68(47-66)87-67-29-30-70-69-25-17-18-26-73(69)86(76(70)48-67)77-45-62(31-32-83-77)79(5,6)7/h11-48,50-51H,1-10H3/q+2. The number of hydrogen-bond acceptors (Lipinski definition) is 2. The van der Waals surface area contributed by atoms with Gasteiger partial charge in [0.2, 0.25) is 11.4 Å². The molecule has 0 unspecified atom stereocenters. The Bertz CT molecular complexity index is 4640. The van der Waals surface area contributed by atoms with Gasteiger partial charge in [-0.05, 0) is 177 Å². The zero-order valence-electron chi connectivity index (χ0n) is 51.0. The Morgan fingerprint density at radius 3 is 1.55 bits per heavy atom. The van der Waals surface area contributed by atoms with Crippen LogP contribution in [0.1, 0.15) is 103 Å². The van der Waals surface area contributed by atoms with E-state index in [1.807, 2.05) is 30.5 Å². The minimum atomic E-state index is -0.651. The van der Waals surface area contributed by atoms with E-state index in [0.29, 0.717) is 22.6 Å². The van der Waals surface area contributed by atoms with Gasteiger partial charge in [-0.3, -0.25) is 4.57 Å². The number of pyridine rings is 1. The van der Waals surface area contributed by atoms with Gasteiger partial charge in [0.25, 0.3) is 11.4 Å². The molecule has 0 amide bonds. The van der Waals surface area contributed by atoms with E-state index in [9.17, 15) is 0 Å². The monoisotopic (exact) mass is 1140 g/mol. The third kappa shape index (κ3) is 11.0. The van der Waals surface area contributed by atoms with Crippen LogP contribution in [0.3, 0.4) is 0 Å². The van der Waals surface area contributed by atoms with Gasteiger partial charge in [0.1, 0.15) is 29.0 Å². The smallest absolute Gasteiger partial charge is 0.457 e. The molecule has 2 aromatic heterocycles. The van der Waals surface area contributed by atoms with Gasteiger partial charge >= 0.3 is 6.01 Å². The van der Waals surface area contributed by atoms with Crippen molar-refractivity contribution in [2.45, 2.75) is 91.9 Å². The van der Waals surface area contributed by atoms with E-state index in [0.717, 1.165) is 107 Å². The first-order valence-corrected chi connectivity index (χ1v) is 30.2. The number of rotatable bonds is 12. The number of halogens is 2. The van der Waals surface area contributed by atoms with Crippen molar-refractivity contribution in [1.29, 1.82) is 0 Å². The van der Waals surface area contributed by atoms with Crippen molar-refractivity contribution in [3.8, 4) is 73.0 Å². The van der Waals surface area contributed by atoms with Crippen LogP contribution < -0.4 is 13.9 Å². The molecule has 0 saturated carbocycles. The zero-order chi connectivity index (χ0) is 60.5. The molecule has 0 saturated heterocycles. The second-order valence-electron chi connectivity index (χ2n) is 25.8. The second-order valence-corrected chi connectivity index (χ2v) is 25.8. The van der Waals surface area contributed by atoms with Crippen molar-refractivity contribution in [2.24, 2.45) is 0 Å². The highest BCUT2D eigenvalue weighted by molar-refractivity contribution is 6.09. The van der Waals surface area contributed by atoms with Crippen molar-refractivity contribution in [2.75, 3.05) is 0 Å². The third-order valence-electron chi connectivity index (χ3n) is 16.9. The Labute approximate surface area is 509 Å². The maximum atomic E-state index is 15.8. The molecule has 1 aliphatic heterocycles. The molecule has 0 aliphatic carbocycles. The van der Waals surface area contributed by atoms with Crippen LogP contribution >= 0.6 is 0 Å². The summed E-state index contributed by atoms with van der Waals surface area (Å²) in [5, 5.41) is 2.21. The fourth-order valence-electron chi connectivity index (χ4n) is 12.1. The zero-order valence-corrected chi connectivity index (χ0v) is 51.0. The number of benzene rings is 10. The van der Waals surface area contributed by atoms with Crippen molar-refractivity contribution < 1.29 is 13.5 Å². The first-order valence-electron chi connectivity index (χ1n) is 30.2. The third-order valence-corrected chi connectivity index (χ3v) is 16.9. The van der Waals surface area contributed by atoms with Crippen LogP contribution in [-0.2, 0) is 10.8 Å². The average molecular weight is 1140 g/mol. The second kappa shape index (κ2) is 22.2. The lowest BCUT2D eigenvalue weighted by molar-refractivity contribution is 0.483. The normalized spacial score (nSPS) is 12.5. The maximum Gasteiger partial charge on any atom is 0.503 e. The van der Waals surface area contributed by atoms with Gasteiger partial charge in [-0.15, -0.1) is 0 Å². The van der Waals surface area contributed by atoms with Gasteiger partial charge in [-0.2, -0.15) is 0 Å². The van der Waals surface area contributed by atoms with Gasteiger partial charge < -0.3 is 4.74 Å². The van der Waals surface area contributed by atoms with Crippen molar-refractivity contribution >= 4 is 50.6 Å². The van der Waals surface area contributed by atoms with Gasteiger partial charge in [-0.25, -0.2) is 13.8 Å². The molecule has 0 spiro atoms. The summed E-state index contributed by atoms with van der Waals surface area (Å²) in [6, 6.07) is 80.6. The molecular weight excluding hydrogens is 1070 g/mol. The highest BCUT2D eigenvalue weighted by atomic mass is 19.1. The molecule has 0 bridgehead atoms. The van der Waals surface area contributed by atoms with Gasteiger partial charge in [0.05, 0.1) is 28.2 Å². The SMILES string of the molecule is CC(C)c1cc(-c2cc(C(C)(C)C)cc(-c3cc(F)cc(F)c3)c2[N+]2=C=[N+](c3cc(Oc4ccc5c6ccccc6n(-c6cc(C(C)(C)C)ccn6)c5c4)cc(-c4cc(-c5ccccc5)cc(-c5ccccc5)c4)c3)c3ccccc32)cc(C(C)C)c1. The Morgan fingerprint density at radius 1 is 0.425 bits per heavy atom. The fraction of sp³-hybridized carbons (Fsp3) is 0.175. The Hall–Kier alpha value is -9.81. The Kier molecular flexibility index (Phi) is 14.4. The lowest BCUT2D eigenvalue weighted by Crippen LogP contribution is -2.13. The van der Waals surface area contributed by atoms with Crippen LogP contribution in [0.4, 0.5) is 31.5 Å². The van der Waals surface area contributed by atoms with E-state index in [-0.39, 0.29) is 22.7 Å². The largest absolute Gasteiger partial charge is 0.503 e. The molecule has 10 aromatic carbocycles. The average Bonchev–Trinajstić information content (AvgIpc) is 1.75. The van der Waals surface area contributed by atoms with Gasteiger partial charge in [0, 0.05) is 47.3 Å². The van der Waals surface area contributed by atoms with E-state index in [2.05, 4.69) is 271 Å². The molecule has 0 radical (unpaired) electrons. The summed E-state index contributed by atoms with van der Waals surface area (Å²) in [4.78, 5) is 4.98.